The Kier molecular flexibility index (Phi) is 5.76. The van der Waals surface area contributed by atoms with E-state index in [9.17, 15) is 14.9 Å². The Morgan fingerprint density at radius 2 is 2.16 bits per heavy atom. The number of nitrogens with one attached hydrogen (secondary N) is 1. The van der Waals surface area contributed by atoms with Crippen molar-refractivity contribution in [2.45, 2.75) is 25.6 Å². The van der Waals surface area contributed by atoms with Crippen LogP contribution >= 0.6 is 11.6 Å². The minimum atomic E-state index is -0.528. The highest BCUT2D eigenvalue weighted by Gasteiger charge is 2.13. The van der Waals surface area contributed by atoms with Gasteiger partial charge >= 0.3 is 0 Å². The van der Waals surface area contributed by atoms with E-state index in [-0.39, 0.29) is 22.5 Å². The first kappa shape index (κ1) is 15.4. The van der Waals surface area contributed by atoms with Gasteiger partial charge in [0.05, 0.1) is 10.3 Å². The fraction of sp³-hybridized carbons (Fsp3) is 0.462. The average Bonchev–Trinajstić information content (AvgIpc) is 2.35. The number of halogens is 1. The van der Waals surface area contributed by atoms with E-state index in [0.29, 0.717) is 12.5 Å². The lowest BCUT2D eigenvalue weighted by Crippen LogP contribution is -2.30. The van der Waals surface area contributed by atoms with E-state index in [1.165, 1.54) is 24.3 Å². The molecular weight excluding hydrogens is 268 g/mol. The molecule has 0 spiro atoms. The van der Waals surface area contributed by atoms with Gasteiger partial charge in [-0.15, -0.1) is 11.6 Å². The highest BCUT2D eigenvalue weighted by molar-refractivity contribution is 6.21. The molecule has 0 saturated heterocycles. The minimum Gasteiger partial charge on any atom is -0.351 e. The molecule has 0 fully saturated rings. The summed E-state index contributed by atoms with van der Waals surface area (Å²) in [7, 11) is 0. The second kappa shape index (κ2) is 7.09. The first-order valence-electron chi connectivity index (χ1n) is 6.07. The second-order valence-corrected chi connectivity index (χ2v) is 5.36. The first-order chi connectivity index (χ1) is 8.90. The number of benzene rings is 1. The topological polar surface area (TPSA) is 72.2 Å². The van der Waals surface area contributed by atoms with Crippen molar-refractivity contribution in [3.63, 3.8) is 0 Å². The summed E-state index contributed by atoms with van der Waals surface area (Å²) in [5.41, 5.74) is 0.167. The number of hydrogen-bond donors (Lipinski definition) is 1. The standard InChI is InChI=1S/C13H17ClN2O3/c1-9(2)6-11(14)8-15-13(17)10-4-3-5-12(7-10)16(18)19/h3-5,7,9,11H,6,8H2,1-2H3,(H,15,17). The largest absolute Gasteiger partial charge is 0.351 e. The molecule has 5 nitrogen and oxygen atoms in total. The molecule has 1 unspecified atom stereocenters. The molecule has 1 aromatic rings. The zero-order chi connectivity index (χ0) is 14.4. The lowest BCUT2D eigenvalue weighted by atomic mass is 10.1. The summed E-state index contributed by atoms with van der Waals surface area (Å²) in [5.74, 6) is 0.107. The molecule has 0 aliphatic carbocycles. The molecule has 1 rings (SSSR count). The summed E-state index contributed by atoms with van der Waals surface area (Å²) >= 11 is 6.07. The third-order valence-corrected chi connectivity index (χ3v) is 2.86. The number of hydrogen-bond acceptors (Lipinski definition) is 3. The molecule has 19 heavy (non-hydrogen) atoms. The second-order valence-electron chi connectivity index (χ2n) is 4.74. The van der Waals surface area contributed by atoms with E-state index in [1.807, 2.05) is 0 Å². The highest BCUT2D eigenvalue weighted by Crippen LogP contribution is 2.13. The Morgan fingerprint density at radius 1 is 1.47 bits per heavy atom. The fourth-order valence-corrected chi connectivity index (χ4v) is 2.09. The number of non-ortho nitro benzene ring substituents is 1. The molecule has 0 bridgehead atoms. The maximum Gasteiger partial charge on any atom is 0.270 e. The van der Waals surface area contributed by atoms with E-state index >= 15 is 0 Å². The molecule has 1 N–H and O–H groups in total. The van der Waals surface area contributed by atoms with E-state index in [1.54, 1.807) is 0 Å². The van der Waals surface area contributed by atoms with Crippen LogP contribution in [0.25, 0.3) is 0 Å². The van der Waals surface area contributed by atoms with Crippen LogP contribution in [0, 0.1) is 16.0 Å². The summed E-state index contributed by atoms with van der Waals surface area (Å²) in [6.45, 7) is 4.46. The average molecular weight is 285 g/mol. The van der Waals surface area contributed by atoms with E-state index in [4.69, 9.17) is 11.6 Å². The van der Waals surface area contributed by atoms with Gasteiger partial charge in [-0.3, -0.25) is 14.9 Å². The van der Waals surface area contributed by atoms with Gasteiger partial charge in [-0.05, 0) is 18.4 Å². The van der Waals surface area contributed by atoms with Crippen molar-refractivity contribution >= 4 is 23.2 Å². The van der Waals surface area contributed by atoms with Crippen LogP contribution in [0.15, 0.2) is 24.3 Å². The van der Waals surface area contributed by atoms with Gasteiger partial charge in [-0.25, -0.2) is 0 Å². The number of carbonyl (C=O) groups excluding carboxylic acids is 1. The van der Waals surface area contributed by atoms with E-state index in [0.717, 1.165) is 6.42 Å². The van der Waals surface area contributed by atoms with Crippen molar-refractivity contribution in [1.82, 2.24) is 5.32 Å². The first-order valence-corrected chi connectivity index (χ1v) is 6.50. The Labute approximate surface area is 117 Å². The monoisotopic (exact) mass is 284 g/mol. The Hall–Kier alpha value is -1.62. The van der Waals surface area contributed by atoms with Gasteiger partial charge in [0.15, 0.2) is 0 Å². The number of alkyl halides is 1. The van der Waals surface area contributed by atoms with Crippen LogP contribution in [0.5, 0.6) is 0 Å². The Balaban J connectivity index is 2.58. The summed E-state index contributed by atoms with van der Waals surface area (Å²) in [5, 5.41) is 13.2. The zero-order valence-corrected chi connectivity index (χ0v) is 11.7. The van der Waals surface area contributed by atoms with Gasteiger partial charge in [0, 0.05) is 24.2 Å². The molecule has 1 atom stereocenters. The van der Waals surface area contributed by atoms with Crippen LogP contribution in [0.4, 0.5) is 5.69 Å². The summed E-state index contributed by atoms with van der Waals surface area (Å²) in [4.78, 5) is 21.9. The smallest absolute Gasteiger partial charge is 0.270 e. The predicted molar refractivity (Wildman–Crippen MR) is 74.5 cm³/mol. The van der Waals surface area contributed by atoms with E-state index in [2.05, 4.69) is 19.2 Å². The molecule has 1 amide bonds. The normalized spacial score (nSPS) is 12.2. The fourth-order valence-electron chi connectivity index (χ4n) is 1.66. The van der Waals surface area contributed by atoms with Gasteiger partial charge in [-0.2, -0.15) is 0 Å². The molecule has 0 aliphatic rings. The zero-order valence-electron chi connectivity index (χ0n) is 10.9. The highest BCUT2D eigenvalue weighted by atomic mass is 35.5. The molecule has 0 heterocycles. The number of nitrogens with zero attached hydrogens (tertiary/aromatic N) is 1. The third kappa shape index (κ3) is 5.26. The quantitative estimate of drug-likeness (QED) is 0.496. The van der Waals surface area contributed by atoms with Crippen molar-refractivity contribution < 1.29 is 9.72 Å². The van der Waals surface area contributed by atoms with Crippen molar-refractivity contribution in [3.05, 3.63) is 39.9 Å². The van der Waals surface area contributed by atoms with Gasteiger partial charge < -0.3 is 5.32 Å². The summed E-state index contributed by atoms with van der Waals surface area (Å²) < 4.78 is 0. The van der Waals surface area contributed by atoms with Gasteiger partial charge in [0.2, 0.25) is 0 Å². The third-order valence-electron chi connectivity index (χ3n) is 2.53. The SMILES string of the molecule is CC(C)CC(Cl)CNC(=O)c1cccc([N+](=O)[O-])c1. The van der Waals surface area contributed by atoms with Crippen LogP contribution < -0.4 is 5.32 Å². The molecule has 0 radical (unpaired) electrons. The summed E-state index contributed by atoms with van der Waals surface area (Å²) in [6.07, 6.45) is 0.802. The lowest BCUT2D eigenvalue weighted by molar-refractivity contribution is -0.384. The number of amides is 1. The molecule has 1 aromatic carbocycles. The van der Waals surface area contributed by atoms with Crippen LogP contribution in [-0.2, 0) is 0 Å². The Bertz CT molecular complexity index is 463. The predicted octanol–water partition coefficient (Wildman–Crippen LogP) is 2.98. The number of nitro benzene ring substituents is 1. The molecule has 104 valence electrons. The summed E-state index contributed by atoms with van der Waals surface area (Å²) in [6, 6.07) is 5.62. The van der Waals surface area contributed by atoms with Gasteiger partial charge in [0.25, 0.3) is 11.6 Å². The van der Waals surface area contributed by atoms with Crippen molar-refractivity contribution in [2.75, 3.05) is 6.54 Å². The molecular formula is C13H17ClN2O3. The van der Waals surface area contributed by atoms with Crippen LogP contribution in [0.2, 0.25) is 0 Å². The molecule has 6 heteroatoms. The number of nitro groups is 1. The van der Waals surface area contributed by atoms with E-state index < -0.39 is 4.92 Å². The van der Waals surface area contributed by atoms with Gasteiger partial charge in [0.1, 0.15) is 0 Å². The van der Waals surface area contributed by atoms with Crippen LogP contribution in [0.3, 0.4) is 0 Å². The molecule has 0 saturated carbocycles. The van der Waals surface area contributed by atoms with Gasteiger partial charge in [-0.1, -0.05) is 19.9 Å². The number of rotatable bonds is 6. The van der Waals surface area contributed by atoms with Crippen molar-refractivity contribution in [1.29, 1.82) is 0 Å². The maximum atomic E-state index is 11.8. The van der Waals surface area contributed by atoms with Crippen LogP contribution in [0.1, 0.15) is 30.6 Å². The Morgan fingerprint density at radius 3 is 2.74 bits per heavy atom. The lowest BCUT2D eigenvalue weighted by Gasteiger charge is -2.12. The van der Waals surface area contributed by atoms with Crippen LogP contribution in [-0.4, -0.2) is 22.8 Å². The maximum absolute atomic E-state index is 11.8. The number of carbonyl (C=O) groups is 1. The molecule has 0 aliphatic heterocycles. The van der Waals surface area contributed by atoms with Crippen molar-refractivity contribution in [2.24, 2.45) is 5.92 Å². The van der Waals surface area contributed by atoms with Crippen molar-refractivity contribution in [3.8, 4) is 0 Å². The minimum absolute atomic E-state index is 0.0998. The molecule has 0 aromatic heterocycles.